The quantitative estimate of drug-likeness (QED) is 0.384. The summed E-state index contributed by atoms with van der Waals surface area (Å²) in [5.41, 5.74) is 3.51. The number of unbranched alkanes of at least 4 members (excludes halogenated alkanes) is 1. The third-order valence-corrected chi connectivity index (χ3v) is 7.48. The van der Waals surface area contributed by atoms with Gasteiger partial charge in [-0.15, -0.1) is 0 Å². The Hall–Kier alpha value is -3.24. The lowest BCUT2D eigenvalue weighted by Crippen LogP contribution is -2.22. The number of nitrogens with one attached hydrogen (secondary N) is 1. The summed E-state index contributed by atoms with van der Waals surface area (Å²) < 4.78 is 33.8. The smallest absolute Gasteiger partial charge is 0.242 e. The van der Waals surface area contributed by atoms with Crippen molar-refractivity contribution in [1.29, 1.82) is 0 Å². The van der Waals surface area contributed by atoms with E-state index in [1.165, 1.54) is 18.4 Å². The Morgan fingerprint density at radius 1 is 1.12 bits per heavy atom. The van der Waals surface area contributed by atoms with Crippen molar-refractivity contribution in [1.82, 2.24) is 18.8 Å². The molecular formula is C24H29N5O4S. The number of sulfonamides is 1. The van der Waals surface area contributed by atoms with E-state index in [0.717, 1.165) is 30.7 Å². The van der Waals surface area contributed by atoms with Gasteiger partial charge in [-0.2, -0.15) is 0 Å². The predicted molar refractivity (Wildman–Crippen MR) is 131 cm³/mol. The van der Waals surface area contributed by atoms with Gasteiger partial charge in [-0.1, -0.05) is 13.3 Å². The van der Waals surface area contributed by atoms with Crippen molar-refractivity contribution in [3.63, 3.8) is 0 Å². The van der Waals surface area contributed by atoms with Gasteiger partial charge in [-0.3, -0.25) is 4.79 Å². The van der Waals surface area contributed by atoms with Gasteiger partial charge in [0.2, 0.25) is 15.9 Å². The summed E-state index contributed by atoms with van der Waals surface area (Å²) in [6.07, 6.45) is 2.65. The molecule has 10 heteroatoms. The van der Waals surface area contributed by atoms with Gasteiger partial charge in [0, 0.05) is 46.1 Å². The number of hydrogen-bond acceptors (Lipinski definition) is 6. The van der Waals surface area contributed by atoms with Crippen molar-refractivity contribution < 1.29 is 17.6 Å². The summed E-state index contributed by atoms with van der Waals surface area (Å²) in [5.74, 6) is 1.20. The molecule has 4 rings (SSSR count). The van der Waals surface area contributed by atoms with Gasteiger partial charge in [-0.05, 0) is 42.8 Å². The van der Waals surface area contributed by atoms with Crippen molar-refractivity contribution in [3.8, 4) is 0 Å². The number of carbonyl (C=O) groups is 1. The van der Waals surface area contributed by atoms with Gasteiger partial charge in [0.1, 0.15) is 11.3 Å². The van der Waals surface area contributed by atoms with E-state index < -0.39 is 10.0 Å². The van der Waals surface area contributed by atoms with Crippen LogP contribution in [0.5, 0.6) is 0 Å². The molecule has 180 valence electrons. The molecule has 0 aliphatic rings. The highest BCUT2D eigenvalue weighted by Gasteiger charge is 2.20. The number of carbonyl (C=O) groups excluding carboxylic acids is 1. The number of benzene rings is 2. The van der Waals surface area contributed by atoms with E-state index in [9.17, 15) is 13.2 Å². The van der Waals surface area contributed by atoms with Crippen LogP contribution in [0.25, 0.3) is 22.1 Å². The second kappa shape index (κ2) is 9.55. The Labute approximate surface area is 198 Å². The number of hydrogen-bond donors (Lipinski definition) is 1. The van der Waals surface area contributed by atoms with Crippen LogP contribution in [0.1, 0.15) is 37.9 Å². The molecule has 1 amide bonds. The summed E-state index contributed by atoms with van der Waals surface area (Å²) in [7, 11) is -0.545. The zero-order valence-corrected chi connectivity index (χ0v) is 20.6. The third-order valence-electron chi connectivity index (χ3n) is 5.67. The first-order valence-corrected chi connectivity index (χ1v) is 12.7. The van der Waals surface area contributed by atoms with Crippen molar-refractivity contribution in [2.75, 3.05) is 19.4 Å². The fourth-order valence-corrected chi connectivity index (χ4v) is 4.78. The number of rotatable bonds is 9. The number of anilines is 1. The van der Waals surface area contributed by atoms with Crippen LogP contribution in [0.4, 0.5) is 5.69 Å². The van der Waals surface area contributed by atoms with Crippen molar-refractivity contribution in [3.05, 3.63) is 48.1 Å². The monoisotopic (exact) mass is 483 g/mol. The maximum atomic E-state index is 12.7. The second-order valence-corrected chi connectivity index (χ2v) is 10.6. The topological polar surface area (TPSA) is 110 Å². The average Bonchev–Trinajstić information content (AvgIpc) is 3.34. The minimum atomic E-state index is -3.56. The molecule has 0 fully saturated rings. The van der Waals surface area contributed by atoms with Gasteiger partial charge < -0.3 is 14.3 Å². The molecule has 2 heterocycles. The summed E-state index contributed by atoms with van der Waals surface area (Å²) in [6.45, 7) is 4.65. The highest BCUT2D eigenvalue weighted by Crippen LogP contribution is 2.24. The van der Waals surface area contributed by atoms with E-state index in [4.69, 9.17) is 9.40 Å². The number of imidazole rings is 1. The summed E-state index contributed by atoms with van der Waals surface area (Å²) in [4.78, 5) is 21.8. The van der Waals surface area contributed by atoms with Gasteiger partial charge >= 0.3 is 0 Å². The molecule has 9 nitrogen and oxygen atoms in total. The summed E-state index contributed by atoms with van der Waals surface area (Å²) in [5, 5.41) is 2.91. The van der Waals surface area contributed by atoms with Crippen LogP contribution >= 0.6 is 0 Å². The lowest BCUT2D eigenvalue weighted by atomic mass is 10.2. The lowest BCUT2D eigenvalue weighted by Gasteiger charge is -2.11. The Bertz CT molecular complexity index is 1450. The number of fused-ring (bicyclic) bond motifs is 2. The summed E-state index contributed by atoms with van der Waals surface area (Å²) in [6, 6.07) is 10.4. The van der Waals surface area contributed by atoms with E-state index in [2.05, 4.69) is 21.8 Å². The normalized spacial score (nSPS) is 12.1. The number of amides is 1. The molecule has 0 radical (unpaired) electrons. The second-order valence-electron chi connectivity index (χ2n) is 8.43. The highest BCUT2D eigenvalue weighted by molar-refractivity contribution is 7.89. The van der Waals surface area contributed by atoms with E-state index in [0.29, 0.717) is 34.6 Å². The molecule has 0 saturated carbocycles. The molecule has 0 bridgehead atoms. The first-order valence-electron chi connectivity index (χ1n) is 11.3. The standard InChI is InChI=1S/C24H29N5O4S/c1-5-6-13-29-21-9-8-18(34(31,32)28(3)4)15-19(21)27-23(29)11-12-24(30)26-17-7-10-22-20(14-17)25-16(2)33-22/h7-10,14-15H,5-6,11-13H2,1-4H3,(H,26,30). The van der Waals surface area contributed by atoms with Crippen LogP contribution in [-0.4, -0.2) is 47.3 Å². The molecule has 0 saturated heterocycles. The number of aromatic nitrogens is 3. The lowest BCUT2D eigenvalue weighted by molar-refractivity contribution is -0.116. The first-order chi connectivity index (χ1) is 16.2. The van der Waals surface area contributed by atoms with Gasteiger partial charge in [0.25, 0.3) is 0 Å². The fourth-order valence-electron chi connectivity index (χ4n) is 3.86. The van der Waals surface area contributed by atoms with E-state index in [1.54, 1.807) is 43.3 Å². The van der Waals surface area contributed by atoms with Crippen LogP contribution in [0.2, 0.25) is 0 Å². The molecule has 1 N–H and O–H groups in total. The first kappa shape index (κ1) is 23.9. The molecule has 0 atom stereocenters. The predicted octanol–water partition coefficient (Wildman–Crippen LogP) is 4.11. The Morgan fingerprint density at radius 3 is 2.65 bits per heavy atom. The molecule has 2 aromatic carbocycles. The van der Waals surface area contributed by atoms with Crippen LogP contribution < -0.4 is 5.32 Å². The van der Waals surface area contributed by atoms with Crippen LogP contribution in [0.3, 0.4) is 0 Å². The molecule has 0 aliphatic carbocycles. The zero-order chi connectivity index (χ0) is 24.5. The van der Waals surface area contributed by atoms with Gasteiger partial charge in [0.15, 0.2) is 11.5 Å². The number of nitrogens with zero attached hydrogens (tertiary/aromatic N) is 4. The molecule has 0 spiro atoms. The van der Waals surface area contributed by atoms with Gasteiger partial charge in [-0.25, -0.2) is 22.7 Å². The molecule has 2 aromatic heterocycles. The SMILES string of the molecule is CCCCn1c(CCC(=O)Nc2ccc3oc(C)nc3c2)nc2cc(S(=O)(=O)N(C)C)ccc21. The third kappa shape index (κ3) is 4.83. The van der Waals surface area contributed by atoms with E-state index in [-0.39, 0.29) is 17.2 Å². The Kier molecular flexibility index (Phi) is 6.72. The maximum Gasteiger partial charge on any atom is 0.242 e. The molecular weight excluding hydrogens is 454 g/mol. The Morgan fingerprint density at radius 2 is 1.91 bits per heavy atom. The van der Waals surface area contributed by atoms with Crippen LogP contribution in [0.15, 0.2) is 45.7 Å². The summed E-state index contributed by atoms with van der Waals surface area (Å²) >= 11 is 0. The van der Waals surface area contributed by atoms with Crippen molar-refractivity contribution in [2.45, 2.75) is 51.0 Å². The van der Waals surface area contributed by atoms with Crippen LogP contribution in [-0.2, 0) is 27.8 Å². The van der Waals surface area contributed by atoms with Crippen molar-refractivity contribution in [2.24, 2.45) is 0 Å². The molecule has 0 unspecified atom stereocenters. The molecule has 34 heavy (non-hydrogen) atoms. The van der Waals surface area contributed by atoms with Crippen LogP contribution in [0, 0.1) is 6.92 Å². The zero-order valence-electron chi connectivity index (χ0n) is 19.8. The number of aryl methyl sites for hydroxylation is 3. The minimum absolute atomic E-state index is 0.135. The van der Waals surface area contributed by atoms with E-state index >= 15 is 0 Å². The maximum absolute atomic E-state index is 12.7. The number of oxazole rings is 1. The largest absolute Gasteiger partial charge is 0.441 e. The Balaban J connectivity index is 1.54. The molecule has 4 aromatic rings. The van der Waals surface area contributed by atoms with Gasteiger partial charge in [0.05, 0.1) is 15.9 Å². The average molecular weight is 484 g/mol. The molecule has 0 aliphatic heterocycles. The fraction of sp³-hybridized carbons (Fsp3) is 0.375. The minimum Gasteiger partial charge on any atom is -0.441 e. The highest BCUT2D eigenvalue weighted by atomic mass is 32.2. The van der Waals surface area contributed by atoms with Crippen molar-refractivity contribution >= 4 is 43.8 Å². The van der Waals surface area contributed by atoms with E-state index in [1.807, 2.05) is 0 Å².